The molecular formula is C19H22N4O5S. The summed E-state index contributed by atoms with van der Waals surface area (Å²) in [6.07, 6.45) is 2.23. The van der Waals surface area contributed by atoms with Crippen LogP contribution in [0.5, 0.6) is 0 Å². The quantitative estimate of drug-likeness (QED) is 0.718. The van der Waals surface area contributed by atoms with Gasteiger partial charge in [0.1, 0.15) is 0 Å². The van der Waals surface area contributed by atoms with Crippen LogP contribution < -0.4 is 0 Å². The van der Waals surface area contributed by atoms with Gasteiger partial charge in [0.2, 0.25) is 15.9 Å². The third-order valence-electron chi connectivity index (χ3n) is 5.63. The molecule has 9 nitrogen and oxygen atoms in total. The summed E-state index contributed by atoms with van der Waals surface area (Å²) < 4.78 is 37.3. The average molecular weight is 418 g/mol. The number of aromatic nitrogens is 2. The predicted octanol–water partition coefficient (Wildman–Crippen LogP) is 1.21. The van der Waals surface area contributed by atoms with Crippen molar-refractivity contribution in [2.24, 2.45) is 0 Å². The standard InChI is InChI=1S/C19H22N4O5S/c24-19(22-11-15(12-22)18-20-17(21-28-18)13-1-2-13)14-3-5-16(6-4-14)29(25,26)23-7-9-27-10-8-23/h3-6,13,15H,1-2,7-12H2. The molecule has 0 radical (unpaired) electrons. The fourth-order valence-corrected chi connectivity index (χ4v) is 5.02. The number of carbonyl (C=O) groups excluding carboxylic acids is 1. The lowest BCUT2D eigenvalue weighted by Gasteiger charge is -2.37. The molecular weight excluding hydrogens is 396 g/mol. The summed E-state index contributed by atoms with van der Waals surface area (Å²) in [7, 11) is -3.56. The van der Waals surface area contributed by atoms with Crippen molar-refractivity contribution in [1.82, 2.24) is 19.3 Å². The van der Waals surface area contributed by atoms with Gasteiger partial charge >= 0.3 is 0 Å². The Morgan fingerprint density at radius 2 is 1.72 bits per heavy atom. The number of nitrogens with zero attached hydrogens (tertiary/aromatic N) is 4. The minimum atomic E-state index is -3.56. The summed E-state index contributed by atoms with van der Waals surface area (Å²) in [6, 6.07) is 6.13. The number of sulfonamides is 1. The molecule has 154 valence electrons. The molecule has 0 bridgehead atoms. The molecule has 2 saturated heterocycles. The van der Waals surface area contributed by atoms with Crippen LogP contribution in [0.25, 0.3) is 0 Å². The van der Waals surface area contributed by atoms with Crippen molar-refractivity contribution in [2.45, 2.75) is 29.6 Å². The smallest absolute Gasteiger partial charge is 0.253 e. The normalized spacial score (nSPS) is 21.2. The molecule has 1 saturated carbocycles. The van der Waals surface area contributed by atoms with Crippen molar-refractivity contribution in [2.75, 3.05) is 39.4 Å². The lowest BCUT2D eigenvalue weighted by Crippen LogP contribution is -2.48. The molecule has 3 fully saturated rings. The van der Waals surface area contributed by atoms with E-state index in [1.165, 1.54) is 16.4 Å². The van der Waals surface area contributed by atoms with E-state index in [0.29, 0.717) is 56.8 Å². The van der Waals surface area contributed by atoms with Gasteiger partial charge in [0, 0.05) is 37.7 Å². The van der Waals surface area contributed by atoms with Crippen molar-refractivity contribution in [1.29, 1.82) is 0 Å². The number of morpholine rings is 1. The zero-order chi connectivity index (χ0) is 20.0. The summed E-state index contributed by atoms with van der Waals surface area (Å²) in [4.78, 5) is 19.0. The van der Waals surface area contributed by atoms with E-state index in [4.69, 9.17) is 9.26 Å². The number of hydrogen-bond donors (Lipinski definition) is 0. The largest absolute Gasteiger partial charge is 0.379 e. The highest BCUT2D eigenvalue weighted by Gasteiger charge is 2.37. The summed E-state index contributed by atoms with van der Waals surface area (Å²) in [6.45, 7) is 2.53. The van der Waals surface area contributed by atoms with Crippen LogP contribution in [0.4, 0.5) is 0 Å². The van der Waals surface area contributed by atoms with Gasteiger partial charge in [0.25, 0.3) is 5.91 Å². The van der Waals surface area contributed by atoms with Crippen molar-refractivity contribution in [3.05, 3.63) is 41.5 Å². The van der Waals surface area contributed by atoms with Gasteiger partial charge < -0.3 is 14.2 Å². The van der Waals surface area contributed by atoms with Crippen molar-refractivity contribution in [3.8, 4) is 0 Å². The molecule has 2 aliphatic heterocycles. The van der Waals surface area contributed by atoms with Gasteiger partial charge in [-0.05, 0) is 37.1 Å². The summed E-state index contributed by atoms with van der Waals surface area (Å²) in [5.41, 5.74) is 0.466. The highest BCUT2D eigenvalue weighted by atomic mass is 32.2. The molecule has 3 heterocycles. The van der Waals surface area contributed by atoms with E-state index in [9.17, 15) is 13.2 Å². The number of amides is 1. The topological polar surface area (TPSA) is 106 Å². The second-order valence-electron chi connectivity index (χ2n) is 7.71. The van der Waals surface area contributed by atoms with Crippen LogP contribution in [0.15, 0.2) is 33.7 Å². The van der Waals surface area contributed by atoms with E-state index < -0.39 is 10.0 Å². The van der Waals surface area contributed by atoms with Crippen LogP contribution in [-0.2, 0) is 14.8 Å². The molecule has 1 amide bonds. The number of benzene rings is 1. The Kier molecular flexibility index (Phi) is 4.64. The summed E-state index contributed by atoms with van der Waals surface area (Å²) in [5.74, 6) is 1.76. The first-order chi connectivity index (χ1) is 14.0. The van der Waals surface area contributed by atoms with Gasteiger partial charge in [-0.2, -0.15) is 9.29 Å². The third kappa shape index (κ3) is 3.56. The fraction of sp³-hybridized carbons (Fsp3) is 0.526. The van der Waals surface area contributed by atoms with Crippen LogP contribution in [0.2, 0.25) is 0 Å². The van der Waals surface area contributed by atoms with E-state index in [1.807, 2.05) is 0 Å². The highest BCUT2D eigenvalue weighted by molar-refractivity contribution is 7.89. The Morgan fingerprint density at radius 1 is 1.03 bits per heavy atom. The van der Waals surface area contributed by atoms with E-state index in [-0.39, 0.29) is 16.7 Å². The number of hydrogen-bond acceptors (Lipinski definition) is 7. The van der Waals surface area contributed by atoms with E-state index in [0.717, 1.165) is 18.7 Å². The Labute approximate surface area is 168 Å². The second-order valence-corrected chi connectivity index (χ2v) is 9.65. The second kappa shape index (κ2) is 7.19. The van der Waals surface area contributed by atoms with Gasteiger partial charge in [-0.1, -0.05) is 5.16 Å². The first kappa shape index (κ1) is 18.7. The maximum Gasteiger partial charge on any atom is 0.253 e. The monoisotopic (exact) mass is 418 g/mol. The molecule has 29 heavy (non-hydrogen) atoms. The molecule has 1 aromatic carbocycles. The van der Waals surface area contributed by atoms with Gasteiger partial charge in [-0.25, -0.2) is 8.42 Å². The Hall–Kier alpha value is -2.30. The van der Waals surface area contributed by atoms with Crippen molar-refractivity contribution in [3.63, 3.8) is 0 Å². The molecule has 0 atom stereocenters. The zero-order valence-corrected chi connectivity index (χ0v) is 16.7. The zero-order valence-electron chi connectivity index (χ0n) is 15.9. The number of likely N-dealkylation sites (tertiary alicyclic amines) is 1. The Bertz CT molecular complexity index is 1000. The van der Waals surface area contributed by atoms with Gasteiger partial charge in [-0.3, -0.25) is 4.79 Å². The van der Waals surface area contributed by atoms with Crippen LogP contribution >= 0.6 is 0 Å². The van der Waals surface area contributed by atoms with Crippen LogP contribution in [-0.4, -0.2) is 73.1 Å². The first-order valence-corrected chi connectivity index (χ1v) is 11.3. The van der Waals surface area contributed by atoms with Crippen LogP contribution in [0.1, 0.15) is 46.8 Å². The van der Waals surface area contributed by atoms with E-state index >= 15 is 0 Å². The predicted molar refractivity (Wildman–Crippen MR) is 101 cm³/mol. The minimum absolute atomic E-state index is 0.0694. The molecule has 1 aliphatic carbocycles. The Morgan fingerprint density at radius 3 is 2.38 bits per heavy atom. The van der Waals surface area contributed by atoms with Gasteiger partial charge in [0.15, 0.2) is 5.82 Å². The number of rotatable bonds is 5. The lowest BCUT2D eigenvalue weighted by atomic mass is 9.99. The lowest BCUT2D eigenvalue weighted by molar-refractivity contribution is 0.0569. The van der Waals surface area contributed by atoms with Crippen LogP contribution in [0, 0.1) is 0 Å². The SMILES string of the molecule is O=C(c1ccc(S(=O)(=O)N2CCOCC2)cc1)N1CC(c2nc(C3CC3)no2)C1. The number of ether oxygens (including phenoxy) is 1. The van der Waals surface area contributed by atoms with Crippen LogP contribution in [0.3, 0.4) is 0 Å². The molecule has 10 heteroatoms. The minimum Gasteiger partial charge on any atom is -0.379 e. The first-order valence-electron chi connectivity index (χ1n) is 9.83. The maximum atomic E-state index is 12.7. The highest BCUT2D eigenvalue weighted by Crippen LogP contribution is 2.39. The molecule has 5 rings (SSSR count). The fourth-order valence-electron chi connectivity index (χ4n) is 3.61. The average Bonchev–Trinajstić information content (AvgIpc) is 3.46. The van der Waals surface area contributed by atoms with E-state index in [1.54, 1.807) is 17.0 Å². The maximum absolute atomic E-state index is 12.7. The van der Waals surface area contributed by atoms with Gasteiger partial charge in [0.05, 0.1) is 24.0 Å². The van der Waals surface area contributed by atoms with Gasteiger partial charge in [-0.15, -0.1) is 0 Å². The molecule has 3 aliphatic rings. The van der Waals surface area contributed by atoms with E-state index in [2.05, 4.69) is 10.1 Å². The van der Waals surface area contributed by atoms with Crippen molar-refractivity contribution >= 4 is 15.9 Å². The summed E-state index contributed by atoms with van der Waals surface area (Å²) >= 11 is 0. The molecule has 0 N–H and O–H groups in total. The molecule has 0 unspecified atom stereocenters. The molecule has 0 spiro atoms. The number of carbonyl (C=O) groups is 1. The van der Waals surface area contributed by atoms with Crippen molar-refractivity contribution < 1.29 is 22.5 Å². The summed E-state index contributed by atoms with van der Waals surface area (Å²) in [5, 5.41) is 4.02. The molecule has 2 aromatic rings. The third-order valence-corrected chi connectivity index (χ3v) is 7.54. The molecule has 1 aromatic heterocycles. The Balaban J connectivity index is 1.21.